The molecular formula is C10H17N3S. The molecule has 1 heterocycles. The van der Waals surface area contributed by atoms with Crippen LogP contribution in [0.1, 0.15) is 23.4 Å². The second-order valence-electron chi connectivity index (χ2n) is 3.78. The molecule has 0 amide bonds. The summed E-state index contributed by atoms with van der Waals surface area (Å²) in [5.74, 6) is 0. The van der Waals surface area contributed by atoms with Gasteiger partial charge < -0.3 is 10.6 Å². The maximum absolute atomic E-state index is 5.48. The van der Waals surface area contributed by atoms with Gasteiger partial charge in [-0.25, -0.2) is 4.98 Å². The molecule has 1 aromatic rings. The van der Waals surface area contributed by atoms with Gasteiger partial charge in [0.1, 0.15) is 0 Å². The molecule has 3 nitrogen and oxygen atoms in total. The maximum Gasteiger partial charge on any atom is 0.185 e. The van der Waals surface area contributed by atoms with Gasteiger partial charge in [-0.05, 0) is 32.2 Å². The number of nitrogens with zero attached hydrogens (tertiary/aromatic N) is 2. The summed E-state index contributed by atoms with van der Waals surface area (Å²) >= 11 is 1.85. The minimum Gasteiger partial charge on any atom is -0.351 e. The average Bonchev–Trinajstić information content (AvgIpc) is 2.72. The second kappa shape index (κ2) is 4.28. The summed E-state index contributed by atoms with van der Waals surface area (Å²) in [5, 5.41) is 1.17. The van der Waals surface area contributed by atoms with Crippen molar-refractivity contribution >= 4 is 16.5 Å². The standard InChI is InChI=1S/C10H17N3S/c1-13(7-3-6-11)10-12-8-4-2-5-9(8)14-10/h2-7,11H2,1H3. The number of fused-ring (bicyclic) bond motifs is 1. The Bertz CT molecular complexity index is 287. The van der Waals surface area contributed by atoms with E-state index in [-0.39, 0.29) is 0 Å². The van der Waals surface area contributed by atoms with Crippen LogP contribution in [-0.2, 0) is 12.8 Å². The first kappa shape index (κ1) is 9.93. The Kier molecular flexibility index (Phi) is 3.03. The molecule has 0 saturated heterocycles. The van der Waals surface area contributed by atoms with Crippen molar-refractivity contribution in [3.05, 3.63) is 10.6 Å². The molecule has 0 bridgehead atoms. The minimum atomic E-state index is 0.759. The molecule has 1 aromatic heterocycles. The van der Waals surface area contributed by atoms with Gasteiger partial charge in [-0.1, -0.05) is 0 Å². The topological polar surface area (TPSA) is 42.1 Å². The third-order valence-electron chi connectivity index (χ3n) is 2.61. The van der Waals surface area contributed by atoms with Gasteiger partial charge in [-0.15, -0.1) is 11.3 Å². The molecule has 0 aliphatic heterocycles. The summed E-state index contributed by atoms with van der Waals surface area (Å²) in [6.07, 6.45) is 4.75. The predicted molar refractivity (Wildman–Crippen MR) is 61.1 cm³/mol. The van der Waals surface area contributed by atoms with Crippen LogP contribution in [0.15, 0.2) is 0 Å². The fourth-order valence-electron chi connectivity index (χ4n) is 1.76. The molecule has 4 heteroatoms. The Morgan fingerprint density at radius 2 is 2.36 bits per heavy atom. The third kappa shape index (κ3) is 1.91. The molecule has 2 N–H and O–H groups in total. The van der Waals surface area contributed by atoms with Crippen LogP contribution in [0.4, 0.5) is 5.13 Å². The van der Waals surface area contributed by atoms with Crippen LogP contribution in [0.25, 0.3) is 0 Å². The van der Waals surface area contributed by atoms with E-state index in [1.165, 1.54) is 35.0 Å². The van der Waals surface area contributed by atoms with E-state index in [4.69, 9.17) is 5.73 Å². The molecule has 0 fully saturated rings. The van der Waals surface area contributed by atoms with Gasteiger partial charge in [-0.2, -0.15) is 0 Å². The highest BCUT2D eigenvalue weighted by Crippen LogP contribution is 2.31. The number of hydrogen-bond donors (Lipinski definition) is 1. The lowest BCUT2D eigenvalue weighted by Gasteiger charge is -2.14. The van der Waals surface area contributed by atoms with Gasteiger partial charge >= 0.3 is 0 Å². The summed E-state index contributed by atoms with van der Waals surface area (Å²) in [7, 11) is 2.10. The average molecular weight is 211 g/mol. The summed E-state index contributed by atoms with van der Waals surface area (Å²) in [5.41, 5.74) is 6.82. The molecule has 78 valence electrons. The van der Waals surface area contributed by atoms with Gasteiger partial charge in [0, 0.05) is 18.5 Å². The lowest BCUT2D eigenvalue weighted by Crippen LogP contribution is -2.20. The molecule has 0 atom stereocenters. The molecule has 0 aromatic carbocycles. The zero-order valence-electron chi connectivity index (χ0n) is 8.62. The molecule has 2 rings (SSSR count). The first-order valence-corrected chi connectivity index (χ1v) is 6.02. The fourth-order valence-corrected chi connectivity index (χ4v) is 2.90. The Balaban J connectivity index is 2.02. The van der Waals surface area contributed by atoms with Gasteiger partial charge in [0.25, 0.3) is 0 Å². The van der Waals surface area contributed by atoms with Crippen LogP contribution in [0.2, 0.25) is 0 Å². The highest BCUT2D eigenvalue weighted by atomic mass is 32.1. The predicted octanol–water partition coefficient (Wildman–Crippen LogP) is 1.42. The number of anilines is 1. The first-order valence-electron chi connectivity index (χ1n) is 5.21. The highest BCUT2D eigenvalue weighted by molar-refractivity contribution is 7.15. The third-order valence-corrected chi connectivity index (χ3v) is 3.88. The van der Waals surface area contributed by atoms with Gasteiger partial charge in [-0.3, -0.25) is 0 Å². The van der Waals surface area contributed by atoms with Crippen molar-refractivity contribution in [3.8, 4) is 0 Å². The summed E-state index contributed by atoms with van der Waals surface area (Å²) in [6, 6.07) is 0. The van der Waals surface area contributed by atoms with Crippen molar-refractivity contribution in [2.24, 2.45) is 5.73 Å². The number of thiazole rings is 1. The van der Waals surface area contributed by atoms with Crippen LogP contribution in [-0.4, -0.2) is 25.1 Å². The summed E-state index contributed by atoms with van der Waals surface area (Å²) in [4.78, 5) is 8.36. The number of aryl methyl sites for hydroxylation is 2. The Morgan fingerprint density at radius 1 is 1.50 bits per heavy atom. The smallest absolute Gasteiger partial charge is 0.185 e. The van der Waals surface area contributed by atoms with Crippen LogP contribution < -0.4 is 10.6 Å². The van der Waals surface area contributed by atoms with Gasteiger partial charge in [0.15, 0.2) is 5.13 Å². The molecule has 0 spiro atoms. The van der Waals surface area contributed by atoms with E-state index in [1.54, 1.807) is 0 Å². The highest BCUT2D eigenvalue weighted by Gasteiger charge is 2.17. The van der Waals surface area contributed by atoms with Crippen molar-refractivity contribution < 1.29 is 0 Å². The van der Waals surface area contributed by atoms with E-state index in [1.807, 2.05) is 11.3 Å². The molecule has 0 unspecified atom stereocenters. The zero-order chi connectivity index (χ0) is 9.97. The number of nitrogens with two attached hydrogens (primary N) is 1. The quantitative estimate of drug-likeness (QED) is 0.819. The van der Waals surface area contributed by atoms with E-state index in [2.05, 4.69) is 16.9 Å². The Hall–Kier alpha value is -0.610. The van der Waals surface area contributed by atoms with E-state index >= 15 is 0 Å². The normalized spacial score (nSPS) is 14.4. The molecule has 1 aliphatic carbocycles. The van der Waals surface area contributed by atoms with Crippen LogP contribution >= 0.6 is 11.3 Å². The fraction of sp³-hybridized carbons (Fsp3) is 0.700. The largest absolute Gasteiger partial charge is 0.351 e. The summed E-state index contributed by atoms with van der Waals surface area (Å²) in [6.45, 7) is 1.78. The Morgan fingerprint density at radius 3 is 3.07 bits per heavy atom. The van der Waals surface area contributed by atoms with Gasteiger partial charge in [0.2, 0.25) is 0 Å². The number of aromatic nitrogens is 1. The summed E-state index contributed by atoms with van der Waals surface area (Å²) < 4.78 is 0. The SMILES string of the molecule is CN(CCCN)c1nc2c(s1)CCC2. The number of hydrogen-bond acceptors (Lipinski definition) is 4. The van der Waals surface area contributed by atoms with E-state index in [0.29, 0.717) is 0 Å². The van der Waals surface area contributed by atoms with Crippen LogP contribution in [0.5, 0.6) is 0 Å². The number of rotatable bonds is 4. The second-order valence-corrected chi connectivity index (χ2v) is 4.85. The van der Waals surface area contributed by atoms with E-state index in [9.17, 15) is 0 Å². The molecule has 1 aliphatic rings. The lowest BCUT2D eigenvalue weighted by molar-refractivity contribution is 0.790. The van der Waals surface area contributed by atoms with Crippen LogP contribution in [0, 0.1) is 0 Å². The first-order chi connectivity index (χ1) is 6.81. The van der Waals surface area contributed by atoms with Crippen molar-refractivity contribution in [2.45, 2.75) is 25.7 Å². The molecule has 0 radical (unpaired) electrons. The van der Waals surface area contributed by atoms with Crippen molar-refractivity contribution in [2.75, 3.05) is 25.0 Å². The van der Waals surface area contributed by atoms with E-state index < -0.39 is 0 Å². The monoisotopic (exact) mass is 211 g/mol. The maximum atomic E-state index is 5.48. The van der Waals surface area contributed by atoms with Crippen molar-refractivity contribution in [1.29, 1.82) is 0 Å². The minimum absolute atomic E-state index is 0.759. The molecule has 14 heavy (non-hydrogen) atoms. The lowest BCUT2D eigenvalue weighted by atomic mass is 10.4. The zero-order valence-corrected chi connectivity index (χ0v) is 9.44. The molecular weight excluding hydrogens is 194 g/mol. The van der Waals surface area contributed by atoms with Crippen LogP contribution in [0.3, 0.4) is 0 Å². The van der Waals surface area contributed by atoms with E-state index in [0.717, 1.165) is 19.5 Å². The van der Waals surface area contributed by atoms with Crippen molar-refractivity contribution in [3.63, 3.8) is 0 Å². The molecule has 0 saturated carbocycles. The van der Waals surface area contributed by atoms with Crippen molar-refractivity contribution in [1.82, 2.24) is 4.98 Å². The Labute approximate surface area is 88.9 Å². The van der Waals surface area contributed by atoms with Gasteiger partial charge in [0.05, 0.1) is 5.69 Å².